The molecule has 52 heavy (non-hydrogen) atoms. The van der Waals surface area contributed by atoms with E-state index in [0.717, 1.165) is 28.7 Å². The minimum atomic E-state index is -4.49. The van der Waals surface area contributed by atoms with E-state index in [9.17, 15) is 36.3 Å². The van der Waals surface area contributed by atoms with E-state index >= 15 is 0 Å². The van der Waals surface area contributed by atoms with Crippen molar-refractivity contribution in [2.75, 3.05) is 26.2 Å². The molecule has 3 aromatic rings. The van der Waals surface area contributed by atoms with Crippen molar-refractivity contribution < 1.29 is 41.0 Å². The molecule has 2 saturated heterocycles. The van der Waals surface area contributed by atoms with Crippen LogP contribution in [0.4, 0.5) is 13.2 Å². The molecule has 10 nitrogen and oxygen atoms in total. The second kappa shape index (κ2) is 14.1. The monoisotopic (exact) mass is 738 g/mol. The van der Waals surface area contributed by atoms with Crippen molar-refractivity contribution >= 4 is 33.7 Å². The topological polar surface area (TPSA) is 129 Å². The molecule has 0 unspecified atom stereocenters. The van der Waals surface area contributed by atoms with Crippen LogP contribution < -0.4 is 10.1 Å². The molecule has 2 N–H and O–H groups in total. The van der Waals surface area contributed by atoms with E-state index in [0.29, 0.717) is 54.0 Å². The van der Waals surface area contributed by atoms with Gasteiger partial charge in [-0.25, -0.2) is 8.42 Å². The van der Waals surface area contributed by atoms with Crippen LogP contribution in [0.2, 0.25) is 0 Å². The standard InChI is InChI=1S/C38H41F3N4O6S/c1-25-20-29(34(46)44-15-11-36(3,48)12-16-44)21-26(2)32(25)10-19-52(49,50)45-17-13-37(14-18-45)35(47)42-33(43-37)28-7-4-6-27(22-28)24-51-31-9-5-8-30(23-31)38(39,40)41/h4-10,19-23,48H,11-18,24H2,1-3H3,(H,42,43,47). The number of aryl methyl sites for hydroxylation is 2. The van der Waals surface area contributed by atoms with Crippen LogP contribution in [0, 0.1) is 13.8 Å². The average Bonchev–Trinajstić information content (AvgIpc) is 3.41. The molecule has 3 heterocycles. The van der Waals surface area contributed by atoms with Gasteiger partial charge in [0, 0.05) is 42.7 Å². The minimum absolute atomic E-state index is 0.00717. The van der Waals surface area contributed by atoms with E-state index in [4.69, 9.17) is 9.73 Å². The van der Waals surface area contributed by atoms with Gasteiger partial charge in [0.1, 0.15) is 23.7 Å². The largest absolute Gasteiger partial charge is 0.489 e. The highest BCUT2D eigenvalue weighted by Crippen LogP contribution is 2.34. The summed E-state index contributed by atoms with van der Waals surface area (Å²) in [4.78, 5) is 32.8. The molecule has 2 amide bonds. The Labute approximate surface area is 301 Å². The first kappa shape index (κ1) is 37.2. The van der Waals surface area contributed by atoms with Gasteiger partial charge < -0.3 is 20.1 Å². The number of carbonyl (C=O) groups is 2. The van der Waals surface area contributed by atoms with Gasteiger partial charge in [-0.05, 0) is 111 Å². The van der Waals surface area contributed by atoms with Gasteiger partial charge in [0.25, 0.3) is 11.8 Å². The number of amidine groups is 1. The molecule has 14 heteroatoms. The minimum Gasteiger partial charge on any atom is -0.489 e. The molecule has 276 valence electrons. The summed E-state index contributed by atoms with van der Waals surface area (Å²) in [6, 6.07) is 15.1. The van der Waals surface area contributed by atoms with Crippen molar-refractivity contribution in [2.45, 2.75) is 70.4 Å². The highest BCUT2D eigenvalue weighted by atomic mass is 32.2. The third-order valence-corrected chi connectivity index (χ3v) is 11.6. The Bertz CT molecular complexity index is 2020. The number of piperidine rings is 2. The predicted octanol–water partition coefficient (Wildman–Crippen LogP) is 5.60. The highest BCUT2D eigenvalue weighted by molar-refractivity contribution is 7.92. The lowest BCUT2D eigenvalue weighted by molar-refractivity contribution is -0.137. The first-order valence-electron chi connectivity index (χ1n) is 17.1. The molecule has 3 aromatic carbocycles. The molecule has 0 saturated carbocycles. The predicted molar refractivity (Wildman–Crippen MR) is 190 cm³/mol. The lowest BCUT2D eigenvalue weighted by Gasteiger charge is -2.36. The maximum absolute atomic E-state index is 13.4. The van der Waals surface area contributed by atoms with Gasteiger partial charge in [-0.3, -0.25) is 14.6 Å². The fraction of sp³-hybridized carbons (Fsp3) is 0.395. The van der Waals surface area contributed by atoms with Crippen molar-refractivity contribution in [1.29, 1.82) is 0 Å². The second-order valence-electron chi connectivity index (χ2n) is 14.0. The third-order valence-electron chi connectivity index (χ3n) is 10.0. The molecule has 1 spiro atoms. The van der Waals surface area contributed by atoms with E-state index in [1.54, 1.807) is 54.3 Å². The molecule has 2 fully saturated rings. The number of alkyl halides is 3. The molecule has 0 bridgehead atoms. The summed E-state index contributed by atoms with van der Waals surface area (Å²) >= 11 is 0. The molecule has 0 atom stereocenters. The number of aliphatic imine (C=N–C) groups is 1. The summed E-state index contributed by atoms with van der Waals surface area (Å²) in [6.45, 7) is 6.51. The number of nitrogens with zero attached hydrogens (tertiary/aromatic N) is 3. The third kappa shape index (κ3) is 8.08. The molecule has 0 radical (unpaired) electrons. The fourth-order valence-corrected chi connectivity index (χ4v) is 7.99. The summed E-state index contributed by atoms with van der Waals surface area (Å²) in [5.41, 5.74) is 1.27. The molecular formula is C38H41F3N4O6S. The maximum atomic E-state index is 13.4. The number of sulfonamides is 1. The zero-order valence-electron chi connectivity index (χ0n) is 29.2. The van der Waals surface area contributed by atoms with Gasteiger partial charge in [-0.2, -0.15) is 17.5 Å². The maximum Gasteiger partial charge on any atom is 0.416 e. The Morgan fingerprint density at radius 3 is 2.29 bits per heavy atom. The zero-order chi connectivity index (χ0) is 37.5. The van der Waals surface area contributed by atoms with Crippen LogP contribution in [0.25, 0.3) is 6.08 Å². The van der Waals surface area contributed by atoms with Crippen molar-refractivity contribution in [1.82, 2.24) is 14.5 Å². The van der Waals surface area contributed by atoms with E-state index in [-0.39, 0.29) is 50.1 Å². The van der Waals surface area contributed by atoms with E-state index in [2.05, 4.69) is 5.32 Å². The van der Waals surface area contributed by atoms with Crippen molar-refractivity contribution in [3.05, 3.63) is 105 Å². The quantitative estimate of drug-likeness (QED) is 0.310. The molecule has 0 aliphatic carbocycles. The van der Waals surface area contributed by atoms with E-state index < -0.39 is 32.9 Å². The summed E-state index contributed by atoms with van der Waals surface area (Å²) in [5.74, 6) is -0.0363. The van der Waals surface area contributed by atoms with Gasteiger partial charge in [0.2, 0.25) is 10.0 Å². The van der Waals surface area contributed by atoms with Gasteiger partial charge in [0.05, 0.1) is 11.2 Å². The number of carbonyl (C=O) groups excluding carboxylic acids is 2. The van der Waals surface area contributed by atoms with Gasteiger partial charge in [-0.1, -0.05) is 24.3 Å². The Morgan fingerprint density at radius 1 is 0.981 bits per heavy atom. The first-order chi connectivity index (χ1) is 24.4. The van der Waals surface area contributed by atoms with Crippen LogP contribution in [0.15, 0.2) is 71.1 Å². The lowest BCUT2D eigenvalue weighted by atomic mass is 9.89. The fourth-order valence-electron chi connectivity index (χ4n) is 6.82. The number of rotatable bonds is 8. The number of aliphatic hydroxyl groups is 1. The summed E-state index contributed by atoms with van der Waals surface area (Å²) in [7, 11) is -3.85. The van der Waals surface area contributed by atoms with Crippen molar-refractivity contribution in [3.8, 4) is 5.75 Å². The Morgan fingerprint density at radius 2 is 1.63 bits per heavy atom. The number of halogens is 3. The Hall–Kier alpha value is -4.53. The zero-order valence-corrected chi connectivity index (χ0v) is 30.0. The van der Waals surface area contributed by atoms with Crippen molar-refractivity contribution in [3.63, 3.8) is 0 Å². The van der Waals surface area contributed by atoms with Crippen LogP contribution in [0.5, 0.6) is 5.75 Å². The summed E-state index contributed by atoms with van der Waals surface area (Å²) in [6.07, 6.45) is -1.58. The number of amides is 2. The summed E-state index contributed by atoms with van der Waals surface area (Å²) in [5, 5.41) is 14.2. The van der Waals surface area contributed by atoms with Crippen LogP contribution in [0.3, 0.4) is 0 Å². The Balaban J connectivity index is 1.09. The first-order valence-corrected chi connectivity index (χ1v) is 18.6. The number of benzene rings is 3. The SMILES string of the molecule is Cc1cc(C(=O)N2CCC(C)(O)CC2)cc(C)c1C=CS(=O)(=O)N1CCC2(CC1)N=C(c1cccc(COc3cccc(C(F)(F)F)c3)c1)NC2=O. The number of nitrogens with one attached hydrogen (secondary N) is 1. The Kier molecular flexibility index (Phi) is 10.1. The molecule has 6 rings (SSSR count). The van der Waals surface area contributed by atoms with Crippen molar-refractivity contribution in [2.24, 2.45) is 4.99 Å². The normalized spacial score (nSPS) is 19.2. The second-order valence-corrected chi connectivity index (χ2v) is 15.8. The van der Waals surface area contributed by atoms with Gasteiger partial charge in [0.15, 0.2) is 0 Å². The van der Waals surface area contributed by atoms with Crippen LogP contribution in [-0.2, 0) is 27.6 Å². The lowest BCUT2D eigenvalue weighted by Crippen LogP contribution is -2.50. The smallest absolute Gasteiger partial charge is 0.416 e. The summed E-state index contributed by atoms with van der Waals surface area (Å²) < 4.78 is 73.0. The molecule has 0 aromatic heterocycles. The molecule has 3 aliphatic heterocycles. The van der Waals surface area contributed by atoms with Gasteiger partial charge >= 0.3 is 6.18 Å². The van der Waals surface area contributed by atoms with Gasteiger partial charge in [-0.15, -0.1) is 0 Å². The van der Waals surface area contributed by atoms with Crippen LogP contribution in [0.1, 0.15) is 76.3 Å². The number of likely N-dealkylation sites (tertiary alicyclic amines) is 1. The van der Waals surface area contributed by atoms with E-state index in [1.807, 2.05) is 13.8 Å². The highest BCUT2D eigenvalue weighted by Gasteiger charge is 2.47. The van der Waals surface area contributed by atoms with Crippen LogP contribution >= 0.6 is 0 Å². The number of hydrogen-bond acceptors (Lipinski definition) is 7. The number of hydrogen-bond donors (Lipinski definition) is 2. The average molecular weight is 739 g/mol. The number of ether oxygens (including phenoxy) is 1. The molecule has 3 aliphatic rings. The van der Waals surface area contributed by atoms with E-state index in [1.165, 1.54) is 16.4 Å². The van der Waals surface area contributed by atoms with Crippen LogP contribution in [-0.4, -0.2) is 77.7 Å². The molecular weight excluding hydrogens is 698 g/mol.